The Balaban J connectivity index is 1.18. The number of nitrogens with one attached hydrogen (secondary N) is 1. The highest BCUT2D eigenvalue weighted by Gasteiger charge is 2.67. The van der Waals surface area contributed by atoms with Crippen molar-refractivity contribution in [1.29, 1.82) is 0 Å². The number of aliphatic hydroxyl groups is 1. The molecule has 0 aromatic heterocycles. The molecule has 40 heavy (non-hydrogen) atoms. The van der Waals surface area contributed by atoms with Crippen molar-refractivity contribution in [3.05, 3.63) is 71.3 Å². The minimum atomic E-state index is -1.55. The Labute approximate surface area is 238 Å². The van der Waals surface area contributed by atoms with Gasteiger partial charge >= 0.3 is 6.09 Å². The third kappa shape index (κ3) is 4.86. The minimum absolute atomic E-state index is 0.0204. The van der Waals surface area contributed by atoms with Crippen molar-refractivity contribution in [2.24, 2.45) is 0 Å². The molecular weight excluding hydrogens is 530 g/mol. The Hall–Kier alpha value is -3.08. The van der Waals surface area contributed by atoms with Gasteiger partial charge < -0.3 is 29.7 Å². The van der Waals surface area contributed by atoms with Crippen LogP contribution in [0.5, 0.6) is 0 Å². The Morgan fingerprint density at radius 1 is 1.18 bits per heavy atom. The molecule has 212 valence electrons. The molecule has 10 heteroatoms. The summed E-state index contributed by atoms with van der Waals surface area (Å²) in [5, 5.41) is 14.0. The maximum atomic E-state index is 13.7. The summed E-state index contributed by atoms with van der Waals surface area (Å²) in [6.45, 7) is 2.87. The third-order valence-corrected chi connectivity index (χ3v) is 10.0. The summed E-state index contributed by atoms with van der Waals surface area (Å²) in [6.07, 6.45) is 1.13. The number of aliphatic hydroxyl groups excluding tert-OH is 1. The summed E-state index contributed by atoms with van der Waals surface area (Å²) in [6, 6.07) is 16.0. The largest absolute Gasteiger partial charge is 0.444 e. The summed E-state index contributed by atoms with van der Waals surface area (Å²) >= 11 is 1.55. The first-order chi connectivity index (χ1) is 19.4. The fourth-order valence-electron chi connectivity index (χ4n) is 6.54. The number of hydrogen-bond acceptors (Lipinski definition) is 7. The van der Waals surface area contributed by atoms with E-state index in [0.717, 1.165) is 24.8 Å². The highest BCUT2D eigenvalue weighted by atomic mass is 32.2. The van der Waals surface area contributed by atoms with Crippen LogP contribution in [0.1, 0.15) is 48.9 Å². The minimum Gasteiger partial charge on any atom is -0.444 e. The van der Waals surface area contributed by atoms with Gasteiger partial charge in [-0.15, -0.1) is 11.8 Å². The average molecular weight is 566 g/mol. The van der Waals surface area contributed by atoms with E-state index in [-0.39, 0.29) is 30.4 Å². The molecule has 0 bridgehead atoms. The van der Waals surface area contributed by atoms with E-state index in [1.165, 1.54) is 16.0 Å². The third-order valence-electron chi connectivity index (χ3n) is 8.59. The van der Waals surface area contributed by atoms with E-state index in [0.29, 0.717) is 19.6 Å². The first-order valence-electron chi connectivity index (χ1n) is 14.0. The number of rotatable bonds is 7. The lowest BCUT2D eigenvalue weighted by atomic mass is 9.82. The van der Waals surface area contributed by atoms with Gasteiger partial charge in [-0.2, -0.15) is 0 Å². The van der Waals surface area contributed by atoms with Crippen molar-refractivity contribution < 1.29 is 29.0 Å². The number of benzene rings is 2. The first-order valence-corrected chi connectivity index (χ1v) is 15.0. The molecular formula is C30H35N3O6S. The van der Waals surface area contributed by atoms with Crippen molar-refractivity contribution in [2.75, 3.05) is 19.1 Å². The molecule has 2 aromatic rings. The van der Waals surface area contributed by atoms with Gasteiger partial charge in [0.25, 0.3) is 5.91 Å². The topological polar surface area (TPSA) is 108 Å². The van der Waals surface area contributed by atoms with Crippen LogP contribution >= 0.6 is 11.8 Å². The van der Waals surface area contributed by atoms with Crippen LogP contribution in [0, 0.1) is 0 Å². The molecule has 1 unspecified atom stereocenters. The van der Waals surface area contributed by atoms with Crippen molar-refractivity contribution in [3.63, 3.8) is 0 Å². The zero-order valence-corrected chi connectivity index (χ0v) is 23.3. The number of likely N-dealkylation sites (tertiary alicyclic amines) is 1. The molecule has 3 saturated heterocycles. The number of amides is 3. The molecule has 4 aliphatic rings. The number of ether oxygens (including phenoxy) is 2. The van der Waals surface area contributed by atoms with Gasteiger partial charge in [-0.1, -0.05) is 54.6 Å². The molecule has 2 aromatic carbocycles. The lowest BCUT2D eigenvalue weighted by Gasteiger charge is -2.56. The number of β-lactam (4-membered cyclic amide) rings is 1. The van der Waals surface area contributed by atoms with Gasteiger partial charge in [-0.3, -0.25) is 9.59 Å². The van der Waals surface area contributed by atoms with Crippen molar-refractivity contribution in [2.45, 2.75) is 74.2 Å². The molecule has 0 radical (unpaired) electrons. The van der Waals surface area contributed by atoms with Crippen LogP contribution in [0.15, 0.2) is 54.6 Å². The van der Waals surface area contributed by atoms with E-state index in [1.54, 1.807) is 11.8 Å². The van der Waals surface area contributed by atoms with E-state index >= 15 is 0 Å². The summed E-state index contributed by atoms with van der Waals surface area (Å²) in [5.74, 6) is -0.373. The number of carbonyl (C=O) groups is 3. The van der Waals surface area contributed by atoms with Crippen LogP contribution in [0.3, 0.4) is 0 Å². The van der Waals surface area contributed by atoms with Crippen LogP contribution in [0.4, 0.5) is 4.79 Å². The van der Waals surface area contributed by atoms with Gasteiger partial charge in [0.05, 0.1) is 31.2 Å². The zero-order valence-electron chi connectivity index (χ0n) is 22.5. The maximum Gasteiger partial charge on any atom is 0.407 e. The van der Waals surface area contributed by atoms with E-state index in [2.05, 4.69) is 17.4 Å². The number of alkyl carbamates (subject to hydrolysis) is 1. The lowest BCUT2D eigenvalue weighted by molar-refractivity contribution is -0.172. The van der Waals surface area contributed by atoms with Gasteiger partial charge in [0, 0.05) is 6.42 Å². The second-order valence-corrected chi connectivity index (χ2v) is 12.5. The number of thioether (sulfide) groups is 1. The number of hydrogen-bond donors (Lipinski definition) is 2. The monoisotopic (exact) mass is 565 g/mol. The first kappa shape index (κ1) is 27.1. The van der Waals surface area contributed by atoms with Crippen LogP contribution in [0.25, 0.3) is 0 Å². The highest BCUT2D eigenvalue weighted by molar-refractivity contribution is 8.01. The van der Waals surface area contributed by atoms with E-state index in [1.807, 2.05) is 54.3 Å². The molecule has 3 heterocycles. The predicted octanol–water partition coefficient (Wildman–Crippen LogP) is 3.01. The molecule has 0 spiro atoms. The number of aryl methyl sites for hydroxylation is 1. The normalized spacial score (nSPS) is 28.8. The molecule has 0 saturated carbocycles. The molecule has 3 fully saturated rings. The molecule has 1 aliphatic carbocycles. The predicted molar refractivity (Wildman–Crippen MR) is 149 cm³/mol. The summed E-state index contributed by atoms with van der Waals surface area (Å²) in [7, 11) is 0. The second-order valence-electron chi connectivity index (χ2n) is 11.1. The summed E-state index contributed by atoms with van der Waals surface area (Å²) in [4.78, 5) is 43.0. The van der Waals surface area contributed by atoms with Gasteiger partial charge in [0.1, 0.15) is 17.0 Å². The van der Waals surface area contributed by atoms with E-state index in [4.69, 9.17) is 9.47 Å². The molecule has 6 rings (SSSR count). The smallest absolute Gasteiger partial charge is 0.407 e. The lowest BCUT2D eigenvalue weighted by Crippen LogP contribution is -2.74. The molecule has 3 amide bonds. The quantitative estimate of drug-likeness (QED) is 0.497. The molecule has 2 N–H and O–H groups in total. The number of nitrogens with zero attached hydrogens (tertiary/aromatic N) is 2. The van der Waals surface area contributed by atoms with Crippen LogP contribution < -0.4 is 5.32 Å². The SMILES string of the molecule is CC12SCN(C(=O)[C@@H](O)[C@H](Cc3ccccc3)NC(=O)O[C@H]3CCOC3)[C@@H]1C(=O)N2[C@H]1CCCc2ccccc21. The Kier molecular flexibility index (Phi) is 7.50. The standard InChI is InChI=1S/C30H35N3O6S/c1-30-26(28(36)33(30)24-13-7-11-20-10-5-6-12-22(20)24)32(18-40-30)27(35)25(34)23(16-19-8-3-2-4-9-19)31-29(37)39-21-14-15-38-17-21/h2-6,8-10,12,21,23-26,34H,7,11,13-18H2,1H3,(H,31,37)/t21-,23-,24-,25-,26+,30?/m0/s1. The second kappa shape index (κ2) is 11.1. The highest BCUT2D eigenvalue weighted by Crippen LogP contribution is 2.55. The molecule has 6 atom stereocenters. The van der Waals surface area contributed by atoms with Crippen molar-refractivity contribution in [1.82, 2.24) is 15.1 Å². The van der Waals surface area contributed by atoms with Gasteiger partial charge in [0.2, 0.25) is 5.91 Å². The van der Waals surface area contributed by atoms with Gasteiger partial charge in [0.15, 0.2) is 6.10 Å². The number of carbonyl (C=O) groups excluding carboxylic acids is 3. The Morgan fingerprint density at radius 3 is 2.73 bits per heavy atom. The van der Waals surface area contributed by atoms with Crippen LogP contribution in [0.2, 0.25) is 0 Å². The van der Waals surface area contributed by atoms with Crippen LogP contribution in [-0.2, 0) is 31.9 Å². The zero-order chi connectivity index (χ0) is 27.9. The fourth-order valence-corrected chi connectivity index (χ4v) is 7.95. The van der Waals surface area contributed by atoms with E-state index in [9.17, 15) is 19.5 Å². The average Bonchev–Trinajstić information content (AvgIpc) is 3.58. The fraction of sp³-hybridized carbons (Fsp3) is 0.500. The Morgan fingerprint density at radius 2 is 1.95 bits per heavy atom. The van der Waals surface area contributed by atoms with Crippen molar-refractivity contribution >= 4 is 29.7 Å². The summed E-state index contributed by atoms with van der Waals surface area (Å²) in [5.41, 5.74) is 3.31. The number of fused-ring (bicyclic) bond motifs is 2. The van der Waals surface area contributed by atoms with Gasteiger partial charge in [-0.25, -0.2) is 4.79 Å². The molecule has 9 nitrogen and oxygen atoms in total. The maximum absolute atomic E-state index is 13.7. The van der Waals surface area contributed by atoms with Crippen molar-refractivity contribution in [3.8, 4) is 0 Å². The van der Waals surface area contributed by atoms with Gasteiger partial charge in [-0.05, 0) is 49.3 Å². The van der Waals surface area contributed by atoms with Crippen LogP contribution in [-0.4, -0.2) is 81.1 Å². The Bertz CT molecular complexity index is 1270. The summed E-state index contributed by atoms with van der Waals surface area (Å²) < 4.78 is 10.7. The van der Waals surface area contributed by atoms with E-state index < -0.39 is 35.1 Å². The molecule has 3 aliphatic heterocycles.